The first kappa shape index (κ1) is 10.7. The maximum atomic E-state index is 11.3. The SMILES string of the molecule is O=[C]OC(C(=O)CCl)c1ccccc1. The Morgan fingerprint density at radius 2 is 2.07 bits per heavy atom. The molecule has 0 aliphatic rings. The van der Waals surface area contributed by atoms with Crippen molar-refractivity contribution in [1.29, 1.82) is 0 Å². The number of carbonyl (C=O) groups excluding carboxylic acids is 2. The molecule has 0 heterocycles. The molecule has 73 valence electrons. The number of hydrogen-bond acceptors (Lipinski definition) is 3. The van der Waals surface area contributed by atoms with Gasteiger partial charge in [0.25, 0.3) is 0 Å². The van der Waals surface area contributed by atoms with E-state index in [0.29, 0.717) is 5.56 Å². The van der Waals surface area contributed by atoms with Crippen LogP contribution in [0.3, 0.4) is 0 Å². The minimum Gasteiger partial charge on any atom is -0.441 e. The van der Waals surface area contributed by atoms with Gasteiger partial charge in [0.1, 0.15) is 0 Å². The average Bonchev–Trinajstić information content (AvgIpc) is 2.26. The molecule has 1 unspecified atom stereocenters. The lowest BCUT2D eigenvalue weighted by molar-refractivity contribution is -0.124. The van der Waals surface area contributed by atoms with Crippen LogP contribution in [0.2, 0.25) is 0 Å². The van der Waals surface area contributed by atoms with Crippen molar-refractivity contribution in [2.24, 2.45) is 0 Å². The number of alkyl halides is 1. The molecule has 14 heavy (non-hydrogen) atoms. The van der Waals surface area contributed by atoms with E-state index in [1.54, 1.807) is 30.3 Å². The Bertz CT molecular complexity index is 310. The predicted octanol–water partition coefficient (Wildman–Crippen LogP) is 1.62. The predicted molar refractivity (Wildman–Crippen MR) is 51.7 cm³/mol. The zero-order valence-corrected chi connectivity index (χ0v) is 8.03. The van der Waals surface area contributed by atoms with E-state index in [-0.39, 0.29) is 11.7 Å². The first-order valence-electron chi connectivity index (χ1n) is 3.96. The number of halogens is 1. The number of rotatable bonds is 5. The first-order chi connectivity index (χ1) is 6.79. The molecule has 1 aromatic carbocycles. The summed E-state index contributed by atoms with van der Waals surface area (Å²) >= 11 is 5.37. The molecule has 0 bridgehead atoms. The van der Waals surface area contributed by atoms with E-state index in [9.17, 15) is 9.59 Å². The number of benzene rings is 1. The fourth-order valence-electron chi connectivity index (χ4n) is 1.07. The summed E-state index contributed by atoms with van der Waals surface area (Å²) in [7, 11) is 0. The number of ketones is 1. The number of ether oxygens (including phenoxy) is 1. The lowest BCUT2D eigenvalue weighted by atomic mass is 10.1. The highest BCUT2D eigenvalue weighted by Gasteiger charge is 2.20. The summed E-state index contributed by atoms with van der Waals surface area (Å²) in [5.74, 6) is -0.553. The summed E-state index contributed by atoms with van der Waals surface area (Å²) in [6.07, 6.45) is -0.939. The van der Waals surface area contributed by atoms with E-state index in [1.807, 2.05) is 0 Å². The van der Waals surface area contributed by atoms with Crippen LogP contribution in [-0.2, 0) is 14.3 Å². The quantitative estimate of drug-likeness (QED) is 0.696. The zero-order valence-electron chi connectivity index (χ0n) is 7.27. The minimum absolute atomic E-state index is 0.193. The molecule has 0 amide bonds. The van der Waals surface area contributed by atoms with Gasteiger partial charge in [-0.1, -0.05) is 30.3 Å². The summed E-state index contributed by atoms with van der Waals surface area (Å²) in [5.41, 5.74) is 0.599. The Balaban J connectivity index is 2.88. The van der Waals surface area contributed by atoms with Crippen molar-refractivity contribution in [3.05, 3.63) is 35.9 Å². The summed E-state index contributed by atoms with van der Waals surface area (Å²) in [4.78, 5) is 21.3. The molecule has 0 saturated carbocycles. The standard InChI is InChI=1S/C10H8ClO3/c11-6-9(13)10(14-7-12)8-4-2-1-3-5-8/h1-5,10H,6H2. The third-order valence-electron chi connectivity index (χ3n) is 1.69. The van der Waals surface area contributed by atoms with Crippen molar-refractivity contribution in [3.63, 3.8) is 0 Å². The minimum atomic E-state index is -0.939. The smallest absolute Gasteiger partial charge is 0.418 e. The lowest BCUT2D eigenvalue weighted by Crippen LogP contribution is -2.16. The van der Waals surface area contributed by atoms with Gasteiger partial charge in [-0.2, -0.15) is 0 Å². The van der Waals surface area contributed by atoms with Crippen LogP contribution in [0.5, 0.6) is 0 Å². The molecule has 0 aliphatic heterocycles. The normalized spacial score (nSPS) is 11.8. The number of carbonyl (C=O) groups is 1. The van der Waals surface area contributed by atoms with Gasteiger partial charge in [0.15, 0.2) is 11.9 Å². The zero-order chi connectivity index (χ0) is 10.4. The van der Waals surface area contributed by atoms with Crippen LogP contribution in [0.1, 0.15) is 11.7 Å². The average molecular weight is 212 g/mol. The van der Waals surface area contributed by atoms with Gasteiger partial charge in [0.05, 0.1) is 5.88 Å². The molecular formula is C10H8ClO3. The third-order valence-corrected chi connectivity index (χ3v) is 1.96. The van der Waals surface area contributed by atoms with Crippen LogP contribution in [0.4, 0.5) is 0 Å². The Labute approximate surface area is 86.6 Å². The molecule has 4 heteroatoms. The molecule has 1 radical (unpaired) electrons. The van der Waals surface area contributed by atoms with E-state index in [1.165, 1.54) is 6.47 Å². The molecular weight excluding hydrogens is 204 g/mol. The fraction of sp³-hybridized carbons (Fsp3) is 0.200. The highest BCUT2D eigenvalue weighted by atomic mass is 35.5. The van der Waals surface area contributed by atoms with Crippen LogP contribution >= 0.6 is 11.6 Å². The summed E-state index contributed by atoms with van der Waals surface area (Å²) in [6.45, 7) is 1.25. The second kappa shape index (κ2) is 5.40. The second-order valence-corrected chi connectivity index (χ2v) is 2.86. The van der Waals surface area contributed by atoms with Gasteiger partial charge in [-0.3, -0.25) is 4.79 Å². The summed E-state index contributed by atoms with van der Waals surface area (Å²) in [5, 5.41) is 0. The molecule has 0 N–H and O–H groups in total. The van der Waals surface area contributed by atoms with Crippen molar-refractivity contribution in [2.75, 3.05) is 5.88 Å². The van der Waals surface area contributed by atoms with Gasteiger partial charge in [0.2, 0.25) is 0 Å². The van der Waals surface area contributed by atoms with Crippen LogP contribution in [0.25, 0.3) is 0 Å². The Morgan fingerprint density at radius 1 is 1.43 bits per heavy atom. The molecule has 0 aliphatic carbocycles. The van der Waals surface area contributed by atoms with Crippen molar-refractivity contribution in [2.45, 2.75) is 6.10 Å². The van der Waals surface area contributed by atoms with E-state index in [2.05, 4.69) is 4.74 Å². The van der Waals surface area contributed by atoms with Gasteiger partial charge in [-0.25, -0.2) is 4.79 Å². The van der Waals surface area contributed by atoms with Crippen LogP contribution in [0.15, 0.2) is 30.3 Å². The third kappa shape index (κ3) is 2.57. The number of Topliss-reactive ketones (excluding diaryl/α,β-unsaturated/α-hetero) is 1. The highest BCUT2D eigenvalue weighted by molar-refractivity contribution is 6.28. The number of hydrogen-bond donors (Lipinski definition) is 0. The van der Waals surface area contributed by atoms with Gasteiger partial charge >= 0.3 is 6.47 Å². The molecule has 1 aromatic rings. The van der Waals surface area contributed by atoms with E-state index >= 15 is 0 Å². The van der Waals surface area contributed by atoms with Crippen LogP contribution in [0, 0.1) is 0 Å². The highest BCUT2D eigenvalue weighted by Crippen LogP contribution is 2.17. The van der Waals surface area contributed by atoms with Crippen molar-refractivity contribution in [1.82, 2.24) is 0 Å². The van der Waals surface area contributed by atoms with Gasteiger partial charge in [0, 0.05) is 5.56 Å². The Kier molecular flexibility index (Phi) is 4.13. The van der Waals surface area contributed by atoms with E-state index < -0.39 is 6.10 Å². The van der Waals surface area contributed by atoms with Gasteiger partial charge in [-0.15, -0.1) is 11.6 Å². The summed E-state index contributed by atoms with van der Waals surface area (Å²) < 4.78 is 4.54. The second-order valence-electron chi connectivity index (χ2n) is 2.59. The summed E-state index contributed by atoms with van der Waals surface area (Å²) in [6, 6.07) is 8.67. The molecule has 3 nitrogen and oxygen atoms in total. The maximum Gasteiger partial charge on any atom is 0.418 e. The van der Waals surface area contributed by atoms with Crippen LogP contribution < -0.4 is 0 Å². The fourth-order valence-corrected chi connectivity index (χ4v) is 1.21. The van der Waals surface area contributed by atoms with Crippen LogP contribution in [-0.4, -0.2) is 18.1 Å². The topological polar surface area (TPSA) is 43.4 Å². The van der Waals surface area contributed by atoms with E-state index in [0.717, 1.165) is 0 Å². The van der Waals surface area contributed by atoms with Crippen molar-refractivity contribution < 1.29 is 14.3 Å². The Hall–Kier alpha value is -1.35. The maximum absolute atomic E-state index is 11.3. The molecule has 0 fully saturated rings. The lowest BCUT2D eigenvalue weighted by Gasteiger charge is -2.11. The van der Waals surface area contributed by atoms with Crippen molar-refractivity contribution in [3.8, 4) is 0 Å². The van der Waals surface area contributed by atoms with Crippen molar-refractivity contribution >= 4 is 23.9 Å². The molecule has 0 spiro atoms. The molecule has 0 aromatic heterocycles. The van der Waals surface area contributed by atoms with E-state index in [4.69, 9.17) is 11.6 Å². The Morgan fingerprint density at radius 3 is 2.57 bits per heavy atom. The largest absolute Gasteiger partial charge is 0.441 e. The molecule has 1 atom stereocenters. The molecule has 0 saturated heterocycles. The monoisotopic (exact) mass is 211 g/mol. The first-order valence-corrected chi connectivity index (χ1v) is 4.49. The van der Waals surface area contributed by atoms with Gasteiger partial charge < -0.3 is 4.74 Å². The van der Waals surface area contributed by atoms with Gasteiger partial charge in [-0.05, 0) is 0 Å². The molecule has 1 rings (SSSR count).